The number of benzene rings is 1. The third kappa shape index (κ3) is 5.77. The number of carbonyl (C=O) groups is 1. The summed E-state index contributed by atoms with van der Waals surface area (Å²) in [7, 11) is 0. The Balaban J connectivity index is 0.00000441. The van der Waals surface area contributed by atoms with Gasteiger partial charge in [0.05, 0.1) is 6.04 Å². The van der Waals surface area contributed by atoms with Gasteiger partial charge in [-0.25, -0.2) is 0 Å². The van der Waals surface area contributed by atoms with Crippen molar-refractivity contribution < 1.29 is 18.3 Å². The van der Waals surface area contributed by atoms with Gasteiger partial charge in [0.2, 0.25) is 5.91 Å². The molecule has 7 heteroatoms. The van der Waals surface area contributed by atoms with Crippen molar-refractivity contribution in [1.29, 1.82) is 0 Å². The molecule has 0 bridgehead atoms. The van der Waals surface area contributed by atoms with E-state index in [0.717, 1.165) is 0 Å². The molecule has 0 radical (unpaired) electrons. The van der Waals surface area contributed by atoms with Gasteiger partial charge in [0.25, 0.3) is 0 Å². The van der Waals surface area contributed by atoms with Crippen LogP contribution in [0.25, 0.3) is 0 Å². The first-order chi connectivity index (χ1) is 9.86. The fourth-order valence-corrected chi connectivity index (χ4v) is 1.91. The molecule has 0 fully saturated rings. The average molecular weight is 337 g/mol. The summed E-state index contributed by atoms with van der Waals surface area (Å²) in [4.78, 5) is 12.1. The summed E-state index contributed by atoms with van der Waals surface area (Å²) in [6.45, 7) is 2.44. The van der Waals surface area contributed by atoms with Crippen LogP contribution in [-0.4, -0.2) is 18.6 Å². The van der Waals surface area contributed by atoms with Crippen molar-refractivity contribution in [2.75, 3.05) is 0 Å². The quantitative estimate of drug-likeness (QED) is 0.803. The van der Waals surface area contributed by atoms with Gasteiger partial charge in [0, 0.05) is 17.5 Å². The molecule has 1 rings (SSSR count). The lowest BCUT2D eigenvalue weighted by atomic mass is 9.99. The summed E-state index contributed by atoms with van der Waals surface area (Å²) in [5, 5.41) is 2.83. The molecule has 3 unspecified atom stereocenters. The molecular weight excluding hydrogens is 314 g/mol. The lowest BCUT2D eigenvalue weighted by Gasteiger charge is -2.23. The molecule has 3 N–H and O–H groups in total. The van der Waals surface area contributed by atoms with Crippen molar-refractivity contribution in [2.45, 2.75) is 45.9 Å². The van der Waals surface area contributed by atoms with E-state index in [2.05, 4.69) is 10.1 Å². The molecule has 1 amide bonds. The molecule has 126 valence electrons. The van der Waals surface area contributed by atoms with E-state index < -0.39 is 12.7 Å². The highest BCUT2D eigenvalue weighted by atomic mass is 35.5. The highest BCUT2D eigenvalue weighted by molar-refractivity contribution is 5.85. The highest BCUT2D eigenvalue weighted by Gasteiger charge is 2.23. The Kier molecular flexibility index (Phi) is 8.97. The number of hydrogen-bond acceptors (Lipinski definition) is 3. The largest absolute Gasteiger partial charge is 0.434 e. The molecular formula is C15H23ClF2N2O2. The van der Waals surface area contributed by atoms with Gasteiger partial charge in [0.1, 0.15) is 5.75 Å². The topological polar surface area (TPSA) is 64.4 Å². The van der Waals surface area contributed by atoms with E-state index in [-0.39, 0.29) is 36.0 Å². The third-order valence-corrected chi connectivity index (χ3v) is 3.44. The summed E-state index contributed by atoms with van der Waals surface area (Å²) in [6.07, 6.45) is 0.557. The van der Waals surface area contributed by atoms with Crippen molar-refractivity contribution in [1.82, 2.24) is 5.32 Å². The maximum atomic E-state index is 12.4. The van der Waals surface area contributed by atoms with Crippen LogP contribution in [0, 0.1) is 5.92 Å². The summed E-state index contributed by atoms with van der Waals surface area (Å²) in [5.74, 6) is -0.487. The first kappa shape index (κ1) is 20.6. The predicted octanol–water partition coefficient (Wildman–Crippen LogP) is 3.26. The minimum Gasteiger partial charge on any atom is -0.434 e. The molecule has 0 aliphatic heterocycles. The fourth-order valence-electron chi connectivity index (χ4n) is 1.91. The number of halogens is 3. The Labute approximate surface area is 135 Å². The summed E-state index contributed by atoms with van der Waals surface area (Å²) >= 11 is 0. The lowest BCUT2D eigenvalue weighted by molar-refractivity contribution is -0.125. The van der Waals surface area contributed by atoms with Gasteiger partial charge in [-0.2, -0.15) is 8.78 Å². The number of carbonyl (C=O) groups excluding carboxylic acids is 1. The number of nitrogens with two attached hydrogens (primary N) is 1. The summed E-state index contributed by atoms with van der Waals surface area (Å²) in [6, 6.07) is 5.79. The van der Waals surface area contributed by atoms with Crippen molar-refractivity contribution in [3.63, 3.8) is 0 Å². The van der Waals surface area contributed by atoms with E-state index >= 15 is 0 Å². The summed E-state index contributed by atoms with van der Waals surface area (Å²) < 4.78 is 29.4. The van der Waals surface area contributed by atoms with Crippen LogP contribution in [-0.2, 0) is 4.79 Å². The molecule has 0 spiro atoms. The smallest absolute Gasteiger partial charge is 0.387 e. The molecule has 22 heavy (non-hydrogen) atoms. The Hall–Kier alpha value is -1.40. The van der Waals surface area contributed by atoms with Gasteiger partial charge >= 0.3 is 6.61 Å². The zero-order chi connectivity index (χ0) is 16.0. The van der Waals surface area contributed by atoms with E-state index in [9.17, 15) is 13.6 Å². The van der Waals surface area contributed by atoms with Crippen LogP contribution >= 0.6 is 12.4 Å². The number of para-hydroxylation sites is 1. The number of alkyl halides is 2. The predicted molar refractivity (Wildman–Crippen MR) is 84.3 cm³/mol. The molecule has 0 heterocycles. The Morgan fingerprint density at radius 2 is 1.91 bits per heavy atom. The fraction of sp³-hybridized carbons (Fsp3) is 0.533. The van der Waals surface area contributed by atoms with Gasteiger partial charge in [-0.15, -0.1) is 12.4 Å². The van der Waals surface area contributed by atoms with E-state index in [0.29, 0.717) is 12.0 Å². The molecule has 0 aliphatic carbocycles. The first-order valence-electron chi connectivity index (χ1n) is 6.96. The van der Waals surface area contributed by atoms with Crippen LogP contribution in [0.4, 0.5) is 8.78 Å². The number of ether oxygens (including phenoxy) is 1. The van der Waals surface area contributed by atoms with Gasteiger partial charge < -0.3 is 15.8 Å². The SMILES string of the molecule is CCC(NC(=O)C(C)C(C)N)c1ccccc1OC(F)F.Cl. The van der Waals surface area contributed by atoms with Crippen LogP contribution < -0.4 is 15.8 Å². The van der Waals surface area contributed by atoms with Crippen LogP contribution in [0.1, 0.15) is 38.8 Å². The molecule has 0 aromatic heterocycles. The monoisotopic (exact) mass is 336 g/mol. The molecule has 0 saturated carbocycles. The molecule has 4 nitrogen and oxygen atoms in total. The Morgan fingerprint density at radius 3 is 2.41 bits per heavy atom. The maximum absolute atomic E-state index is 12.4. The van der Waals surface area contributed by atoms with E-state index in [4.69, 9.17) is 5.73 Å². The summed E-state index contributed by atoms with van der Waals surface area (Å²) in [5.41, 5.74) is 6.24. The van der Waals surface area contributed by atoms with Crippen LogP contribution in [0.2, 0.25) is 0 Å². The number of nitrogens with one attached hydrogen (secondary N) is 1. The van der Waals surface area contributed by atoms with Gasteiger partial charge in [-0.05, 0) is 19.4 Å². The third-order valence-electron chi connectivity index (χ3n) is 3.44. The van der Waals surface area contributed by atoms with Gasteiger partial charge in [-0.3, -0.25) is 4.79 Å². The van der Waals surface area contributed by atoms with Crippen molar-refractivity contribution in [3.05, 3.63) is 29.8 Å². The molecule has 0 saturated heterocycles. The molecule has 1 aromatic carbocycles. The van der Waals surface area contributed by atoms with Crippen LogP contribution in [0.5, 0.6) is 5.75 Å². The number of amides is 1. The first-order valence-corrected chi connectivity index (χ1v) is 6.96. The van der Waals surface area contributed by atoms with Crippen molar-refractivity contribution >= 4 is 18.3 Å². The number of hydrogen-bond donors (Lipinski definition) is 2. The maximum Gasteiger partial charge on any atom is 0.387 e. The standard InChI is InChI=1S/C15H22F2N2O2.ClH/c1-4-12(19-14(20)9(2)10(3)18)11-7-5-6-8-13(11)21-15(16)17;/h5-10,12,15H,4,18H2,1-3H3,(H,19,20);1H. The second kappa shape index (κ2) is 9.58. The number of rotatable bonds is 7. The van der Waals surface area contributed by atoms with Crippen LogP contribution in [0.15, 0.2) is 24.3 Å². The minimum absolute atomic E-state index is 0. The lowest BCUT2D eigenvalue weighted by Crippen LogP contribution is -2.40. The molecule has 0 aliphatic rings. The zero-order valence-corrected chi connectivity index (χ0v) is 13.7. The second-order valence-electron chi connectivity index (χ2n) is 5.03. The second-order valence-corrected chi connectivity index (χ2v) is 5.03. The molecule has 1 aromatic rings. The van der Waals surface area contributed by atoms with E-state index in [1.54, 1.807) is 32.0 Å². The Bertz CT molecular complexity index is 473. The average Bonchev–Trinajstić information content (AvgIpc) is 2.43. The Morgan fingerprint density at radius 1 is 1.32 bits per heavy atom. The van der Waals surface area contributed by atoms with Crippen molar-refractivity contribution in [3.8, 4) is 5.75 Å². The van der Waals surface area contributed by atoms with Gasteiger partial charge in [-0.1, -0.05) is 32.0 Å². The highest BCUT2D eigenvalue weighted by Crippen LogP contribution is 2.28. The van der Waals surface area contributed by atoms with E-state index in [1.807, 2.05) is 6.92 Å². The van der Waals surface area contributed by atoms with Crippen molar-refractivity contribution in [2.24, 2.45) is 11.7 Å². The minimum atomic E-state index is -2.90. The van der Waals surface area contributed by atoms with E-state index in [1.165, 1.54) is 6.07 Å². The molecule has 3 atom stereocenters. The zero-order valence-electron chi connectivity index (χ0n) is 12.9. The van der Waals surface area contributed by atoms with Crippen LogP contribution in [0.3, 0.4) is 0 Å². The van der Waals surface area contributed by atoms with Gasteiger partial charge in [0.15, 0.2) is 0 Å². The normalized spacial score (nSPS) is 14.7.